The van der Waals surface area contributed by atoms with Gasteiger partial charge < -0.3 is 9.47 Å². The van der Waals surface area contributed by atoms with Gasteiger partial charge in [0.15, 0.2) is 0 Å². The predicted octanol–water partition coefficient (Wildman–Crippen LogP) is 3.35. The minimum Gasteiger partial charge on any atom is -0.466 e. The fourth-order valence-corrected chi connectivity index (χ4v) is 6.89. The molecule has 8 heteroatoms. The number of sulfonamides is 1. The van der Waals surface area contributed by atoms with E-state index in [0.29, 0.717) is 43.2 Å². The molecule has 2 fully saturated rings. The summed E-state index contributed by atoms with van der Waals surface area (Å²) in [5.74, 6) is -0.205. The van der Waals surface area contributed by atoms with Crippen LogP contribution in [0.5, 0.6) is 0 Å². The predicted molar refractivity (Wildman–Crippen MR) is 104 cm³/mol. The summed E-state index contributed by atoms with van der Waals surface area (Å²) in [6, 6.07) is 3.49. The van der Waals surface area contributed by atoms with E-state index in [4.69, 9.17) is 9.47 Å². The molecule has 27 heavy (non-hydrogen) atoms. The first-order valence-corrected chi connectivity index (χ1v) is 12.0. The van der Waals surface area contributed by atoms with Crippen LogP contribution in [0.4, 0.5) is 0 Å². The highest BCUT2D eigenvalue weighted by Gasteiger charge is 2.46. The van der Waals surface area contributed by atoms with Gasteiger partial charge in [0, 0.05) is 24.6 Å². The maximum absolute atomic E-state index is 12.9. The number of ether oxygens (including phenoxy) is 2. The Morgan fingerprint density at radius 2 is 2.07 bits per heavy atom. The number of piperidine rings is 1. The summed E-state index contributed by atoms with van der Waals surface area (Å²) in [5.41, 5.74) is -0.643. The van der Waals surface area contributed by atoms with Gasteiger partial charge in [-0.25, -0.2) is 8.42 Å². The molecule has 0 N–H and O–H groups in total. The molecule has 0 radical (unpaired) electrons. The molecule has 2 aliphatic heterocycles. The van der Waals surface area contributed by atoms with Crippen LogP contribution in [0, 0.1) is 12.3 Å². The Morgan fingerprint density at radius 1 is 1.33 bits per heavy atom. The second kappa shape index (κ2) is 8.59. The number of hydrogen-bond donors (Lipinski definition) is 0. The molecule has 0 aliphatic carbocycles. The summed E-state index contributed by atoms with van der Waals surface area (Å²) < 4.78 is 38.9. The van der Waals surface area contributed by atoms with Crippen molar-refractivity contribution in [3.63, 3.8) is 0 Å². The first kappa shape index (κ1) is 20.8. The average molecular weight is 416 g/mol. The number of esters is 1. The minimum atomic E-state index is -3.49. The van der Waals surface area contributed by atoms with Crippen LogP contribution in [-0.2, 0) is 24.3 Å². The van der Waals surface area contributed by atoms with Gasteiger partial charge in [0.1, 0.15) is 4.21 Å². The third-order valence-electron chi connectivity index (χ3n) is 5.59. The highest BCUT2D eigenvalue weighted by atomic mass is 32.2. The second-order valence-corrected chi connectivity index (χ2v) is 10.9. The van der Waals surface area contributed by atoms with E-state index in [-0.39, 0.29) is 12.1 Å². The van der Waals surface area contributed by atoms with Gasteiger partial charge in [-0.3, -0.25) is 4.79 Å². The molecule has 6 nitrogen and oxygen atoms in total. The molecule has 0 bridgehead atoms. The van der Waals surface area contributed by atoms with Gasteiger partial charge in [0.2, 0.25) is 0 Å². The first-order valence-electron chi connectivity index (χ1n) is 9.73. The SMILES string of the molecule is CCOC(=O)C1(C[C@@H]2CCCCO2)CCN(S(=O)(=O)c2ccc(C)s2)CC1. The lowest BCUT2D eigenvalue weighted by Crippen LogP contribution is -2.48. The third-order valence-corrected chi connectivity index (χ3v) is 8.96. The van der Waals surface area contributed by atoms with Crippen molar-refractivity contribution in [1.29, 1.82) is 0 Å². The number of carbonyl (C=O) groups excluding carboxylic acids is 1. The van der Waals surface area contributed by atoms with Crippen molar-refractivity contribution in [3.05, 3.63) is 17.0 Å². The monoisotopic (exact) mass is 415 g/mol. The molecule has 2 saturated heterocycles. The van der Waals surface area contributed by atoms with Gasteiger partial charge in [-0.2, -0.15) is 4.31 Å². The lowest BCUT2D eigenvalue weighted by atomic mass is 9.73. The van der Waals surface area contributed by atoms with Crippen molar-refractivity contribution in [3.8, 4) is 0 Å². The summed E-state index contributed by atoms with van der Waals surface area (Å²) in [4.78, 5) is 13.8. The fourth-order valence-electron chi connectivity index (χ4n) is 4.01. The number of carbonyl (C=O) groups is 1. The highest BCUT2D eigenvalue weighted by molar-refractivity contribution is 7.91. The maximum atomic E-state index is 12.9. The van der Waals surface area contributed by atoms with Gasteiger partial charge in [-0.1, -0.05) is 0 Å². The van der Waals surface area contributed by atoms with Crippen molar-refractivity contribution in [2.45, 2.75) is 62.7 Å². The molecule has 0 aromatic carbocycles. The van der Waals surface area contributed by atoms with E-state index in [1.54, 1.807) is 13.0 Å². The molecule has 0 saturated carbocycles. The normalized spacial score (nSPS) is 23.9. The van der Waals surface area contributed by atoms with Crippen LogP contribution in [0.2, 0.25) is 0 Å². The molecule has 1 aromatic heterocycles. The summed E-state index contributed by atoms with van der Waals surface area (Å²) in [6.07, 6.45) is 4.78. The smallest absolute Gasteiger partial charge is 0.312 e. The standard InChI is InChI=1S/C19H29NO5S2/c1-3-24-18(21)19(14-16-6-4-5-13-25-16)9-11-20(12-10-19)27(22,23)17-8-7-15(2)26-17/h7-8,16H,3-6,9-14H2,1-2H3/t16-/m0/s1. The lowest BCUT2D eigenvalue weighted by Gasteiger charge is -2.41. The molecule has 0 unspecified atom stereocenters. The zero-order valence-electron chi connectivity index (χ0n) is 16.1. The van der Waals surface area contributed by atoms with Crippen LogP contribution < -0.4 is 0 Å². The third kappa shape index (κ3) is 4.55. The molecule has 2 aliphatic rings. The van der Waals surface area contributed by atoms with E-state index in [0.717, 1.165) is 30.7 Å². The lowest BCUT2D eigenvalue weighted by molar-refractivity contribution is -0.162. The Kier molecular flexibility index (Phi) is 6.61. The van der Waals surface area contributed by atoms with Crippen molar-refractivity contribution in [2.75, 3.05) is 26.3 Å². The van der Waals surface area contributed by atoms with Gasteiger partial charge in [0.25, 0.3) is 10.0 Å². The van der Waals surface area contributed by atoms with Crippen LogP contribution >= 0.6 is 11.3 Å². The Labute approximate surface area is 165 Å². The largest absolute Gasteiger partial charge is 0.466 e. The number of thiophene rings is 1. The van der Waals surface area contributed by atoms with Crippen molar-refractivity contribution in [1.82, 2.24) is 4.31 Å². The molecule has 0 amide bonds. The number of hydrogen-bond acceptors (Lipinski definition) is 6. The molecule has 3 heterocycles. The molecular formula is C19H29NO5S2. The summed E-state index contributed by atoms with van der Waals surface area (Å²) >= 11 is 1.29. The first-order chi connectivity index (χ1) is 12.9. The molecule has 152 valence electrons. The number of aryl methyl sites for hydroxylation is 1. The number of nitrogens with zero attached hydrogens (tertiary/aromatic N) is 1. The molecule has 0 spiro atoms. The second-order valence-electron chi connectivity index (χ2n) is 7.46. The Hall–Kier alpha value is -0.960. The fraction of sp³-hybridized carbons (Fsp3) is 0.737. The van der Waals surface area contributed by atoms with Crippen molar-refractivity contribution < 1.29 is 22.7 Å². The van der Waals surface area contributed by atoms with Crippen LogP contribution in [0.25, 0.3) is 0 Å². The molecular weight excluding hydrogens is 386 g/mol. The van der Waals surface area contributed by atoms with Gasteiger partial charge >= 0.3 is 5.97 Å². The Morgan fingerprint density at radius 3 is 2.63 bits per heavy atom. The summed E-state index contributed by atoms with van der Waals surface area (Å²) in [5, 5.41) is 0. The summed E-state index contributed by atoms with van der Waals surface area (Å²) in [6.45, 7) is 5.46. The molecule has 1 aromatic rings. The van der Waals surface area contributed by atoms with E-state index >= 15 is 0 Å². The zero-order chi connectivity index (χ0) is 19.5. The van der Waals surface area contributed by atoms with E-state index < -0.39 is 15.4 Å². The van der Waals surface area contributed by atoms with Crippen LogP contribution in [-0.4, -0.2) is 51.1 Å². The van der Waals surface area contributed by atoms with Gasteiger partial charge in [-0.15, -0.1) is 11.3 Å². The Bertz CT molecular complexity index is 744. The van der Waals surface area contributed by atoms with Crippen molar-refractivity contribution >= 4 is 27.3 Å². The maximum Gasteiger partial charge on any atom is 0.312 e. The van der Waals surface area contributed by atoms with Gasteiger partial charge in [0.05, 0.1) is 18.1 Å². The van der Waals surface area contributed by atoms with E-state index in [1.807, 2.05) is 13.0 Å². The van der Waals surface area contributed by atoms with Crippen LogP contribution in [0.15, 0.2) is 16.3 Å². The Balaban J connectivity index is 1.73. The molecule has 3 rings (SSSR count). The molecule has 1 atom stereocenters. The van der Waals surface area contributed by atoms with Crippen LogP contribution in [0.3, 0.4) is 0 Å². The minimum absolute atomic E-state index is 0.0614. The topological polar surface area (TPSA) is 72.9 Å². The quantitative estimate of drug-likeness (QED) is 0.666. The highest BCUT2D eigenvalue weighted by Crippen LogP contribution is 2.41. The number of rotatable bonds is 6. The van der Waals surface area contributed by atoms with E-state index in [2.05, 4.69) is 0 Å². The van der Waals surface area contributed by atoms with Gasteiger partial charge in [-0.05, 0) is 64.5 Å². The zero-order valence-corrected chi connectivity index (χ0v) is 17.7. The van der Waals surface area contributed by atoms with Crippen LogP contribution in [0.1, 0.15) is 50.3 Å². The van der Waals surface area contributed by atoms with E-state index in [1.165, 1.54) is 15.6 Å². The average Bonchev–Trinajstić information content (AvgIpc) is 3.10. The summed E-state index contributed by atoms with van der Waals surface area (Å²) in [7, 11) is -3.49. The van der Waals surface area contributed by atoms with Crippen molar-refractivity contribution in [2.24, 2.45) is 5.41 Å². The van der Waals surface area contributed by atoms with E-state index in [9.17, 15) is 13.2 Å².